The molecule has 0 aromatic heterocycles. The van der Waals surface area contributed by atoms with Crippen LogP contribution >= 0.6 is 0 Å². The number of piperazine rings is 1. The van der Waals surface area contributed by atoms with Crippen LogP contribution in [0.2, 0.25) is 0 Å². The fraction of sp³-hybridized carbons (Fsp3) is 1.00. The average Bonchev–Trinajstić information content (AvgIpc) is 2.92. The highest BCUT2D eigenvalue weighted by Gasteiger charge is 2.70. The number of likely N-dealkylation sites (N-methyl/N-ethyl adjacent to an activating group) is 1. The molecule has 3 aliphatic rings. The Hall–Kier alpha value is -0.120. The van der Waals surface area contributed by atoms with Gasteiger partial charge in [-0.3, -0.25) is 4.90 Å². The summed E-state index contributed by atoms with van der Waals surface area (Å²) in [5.41, 5.74) is 0.693. The maximum atomic E-state index is 2.72. The number of fused-ring (bicyclic) bond motifs is 1. The van der Waals surface area contributed by atoms with Crippen LogP contribution in [0.3, 0.4) is 0 Å². The van der Waals surface area contributed by atoms with Crippen molar-refractivity contribution in [2.75, 3.05) is 53.9 Å². The van der Waals surface area contributed by atoms with Gasteiger partial charge in [-0.2, -0.15) is 0 Å². The predicted octanol–water partition coefficient (Wildman–Crippen LogP) is 0.861. The van der Waals surface area contributed by atoms with Crippen LogP contribution in [0.4, 0.5) is 0 Å². The molecule has 1 aliphatic carbocycles. The normalized spacial score (nSPS) is 45.9. The Morgan fingerprint density at radius 2 is 1.76 bits per heavy atom. The minimum atomic E-state index is 0.693. The largest absolute Gasteiger partial charge is 0.323 e. The zero-order valence-corrected chi connectivity index (χ0v) is 11.9. The van der Waals surface area contributed by atoms with Gasteiger partial charge in [0.2, 0.25) is 0 Å². The van der Waals surface area contributed by atoms with Crippen LogP contribution in [-0.4, -0.2) is 80.2 Å². The van der Waals surface area contributed by atoms with Gasteiger partial charge >= 0.3 is 0 Å². The monoisotopic (exact) mass is 238 g/mol. The lowest BCUT2D eigenvalue weighted by Gasteiger charge is -2.34. The molecule has 3 heteroatoms. The zero-order chi connectivity index (χ0) is 12.3. The lowest BCUT2D eigenvalue weighted by atomic mass is 9.99. The van der Waals surface area contributed by atoms with Gasteiger partial charge in [0.05, 0.1) is 26.2 Å². The molecule has 3 nitrogen and oxygen atoms in total. The summed E-state index contributed by atoms with van der Waals surface area (Å²) >= 11 is 0. The molecule has 0 aromatic carbocycles. The maximum Gasteiger partial charge on any atom is 0.0970 e. The predicted molar refractivity (Wildman–Crippen MR) is 71.0 cm³/mol. The van der Waals surface area contributed by atoms with Gasteiger partial charge in [-0.25, -0.2) is 0 Å². The first-order valence-electron chi connectivity index (χ1n) is 7.18. The summed E-state index contributed by atoms with van der Waals surface area (Å²) in [7, 11) is 7.12. The quantitative estimate of drug-likeness (QED) is 0.659. The van der Waals surface area contributed by atoms with Gasteiger partial charge in [-0.1, -0.05) is 0 Å². The molecule has 0 radical (unpaired) electrons. The first-order valence-corrected chi connectivity index (χ1v) is 7.18. The van der Waals surface area contributed by atoms with Crippen molar-refractivity contribution in [3.05, 3.63) is 0 Å². The summed E-state index contributed by atoms with van der Waals surface area (Å²) in [5.74, 6) is 0. The van der Waals surface area contributed by atoms with E-state index in [0.29, 0.717) is 5.41 Å². The Bertz CT molecular complexity index is 307. The van der Waals surface area contributed by atoms with E-state index >= 15 is 0 Å². The van der Waals surface area contributed by atoms with E-state index in [1.54, 1.807) is 0 Å². The summed E-state index contributed by atoms with van der Waals surface area (Å²) in [4.78, 5) is 5.17. The first kappa shape index (κ1) is 11.9. The third kappa shape index (κ3) is 1.83. The van der Waals surface area contributed by atoms with E-state index in [9.17, 15) is 0 Å². The fourth-order valence-corrected chi connectivity index (χ4v) is 4.30. The van der Waals surface area contributed by atoms with E-state index in [0.717, 1.165) is 12.1 Å². The van der Waals surface area contributed by atoms with Crippen LogP contribution < -0.4 is 0 Å². The SMILES string of the molecule is C[C@@H]1CC2(CN3CCN(C)CC3)CC2[N+]1(C)C. The average molecular weight is 238 g/mol. The second kappa shape index (κ2) is 3.69. The van der Waals surface area contributed by atoms with Gasteiger partial charge in [0.25, 0.3) is 0 Å². The molecule has 1 saturated carbocycles. The molecule has 98 valence electrons. The maximum absolute atomic E-state index is 2.72. The first-order chi connectivity index (χ1) is 7.94. The summed E-state index contributed by atoms with van der Waals surface area (Å²) in [6.45, 7) is 8.90. The molecule has 0 bridgehead atoms. The lowest BCUT2D eigenvalue weighted by Crippen LogP contribution is -2.47. The van der Waals surface area contributed by atoms with Crippen molar-refractivity contribution < 1.29 is 4.48 Å². The van der Waals surface area contributed by atoms with Crippen molar-refractivity contribution in [3.8, 4) is 0 Å². The smallest absolute Gasteiger partial charge is 0.0970 e. The Balaban J connectivity index is 1.61. The molecule has 3 rings (SSSR count). The topological polar surface area (TPSA) is 6.48 Å². The van der Waals surface area contributed by atoms with Crippen LogP contribution in [0.25, 0.3) is 0 Å². The molecular formula is C14H28N3+. The molecule has 0 spiro atoms. The van der Waals surface area contributed by atoms with Gasteiger partial charge in [0.15, 0.2) is 0 Å². The summed E-state index contributed by atoms with van der Waals surface area (Å²) in [6.07, 6.45) is 2.94. The van der Waals surface area contributed by atoms with Crippen molar-refractivity contribution in [2.24, 2.45) is 5.41 Å². The molecule has 2 saturated heterocycles. The molecule has 17 heavy (non-hydrogen) atoms. The van der Waals surface area contributed by atoms with Gasteiger partial charge in [0.1, 0.15) is 0 Å². The highest BCUT2D eigenvalue weighted by molar-refractivity contribution is 5.11. The number of hydrogen-bond donors (Lipinski definition) is 0. The van der Waals surface area contributed by atoms with Crippen molar-refractivity contribution in [2.45, 2.75) is 31.8 Å². The van der Waals surface area contributed by atoms with Gasteiger partial charge < -0.3 is 9.38 Å². The van der Waals surface area contributed by atoms with Crippen LogP contribution in [0.15, 0.2) is 0 Å². The number of likely N-dealkylation sites (tertiary alicyclic amines) is 1. The number of rotatable bonds is 2. The van der Waals surface area contributed by atoms with Crippen molar-refractivity contribution in [1.82, 2.24) is 9.80 Å². The molecule has 0 N–H and O–H groups in total. The summed E-state index contributed by atoms with van der Waals surface area (Å²) in [5, 5.41) is 0. The molecule has 0 amide bonds. The van der Waals surface area contributed by atoms with Crippen LogP contribution in [0.1, 0.15) is 19.8 Å². The highest BCUT2D eigenvalue weighted by atomic mass is 15.4. The number of nitrogens with zero attached hydrogens (tertiary/aromatic N) is 3. The van der Waals surface area contributed by atoms with Crippen LogP contribution in [0.5, 0.6) is 0 Å². The van der Waals surface area contributed by atoms with Gasteiger partial charge in [0, 0.05) is 51.0 Å². The van der Waals surface area contributed by atoms with Crippen molar-refractivity contribution >= 4 is 0 Å². The number of hydrogen-bond acceptors (Lipinski definition) is 2. The van der Waals surface area contributed by atoms with E-state index in [1.165, 1.54) is 50.0 Å². The second-order valence-electron chi connectivity index (χ2n) is 7.34. The van der Waals surface area contributed by atoms with Gasteiger partial charge in [-0.05, 0) is 14.0 Å². The Morgan fingerprint density at radius 1 is 1.12 bits per heavy atom. The standard InChI is InChI=1S/C14H28N3/c1-12-9-14(10-13(14)17(12,3)4)11-16-7-5-15(2)6-8-16/h12-13H,5-11H2,1-4H3/q+1/t12-,13?,14?/m1/s1. The minimum Gasteiger partial charge on any atom is -0.323 e. The zero-order valence-electron chi connectivity index (χ0n) is 11.9. The Labute approximate surface area is 106 Å². The molecule has 3 atom stereocenters. The number of quaternary nitrogens is 1. The van der Waals surface area contributed by atoms with Gasteiger partial charge in [-0.15, -0.1) is 0 Å². The van der Waals surface area contributed by atoms with E-state index in [4.69, 9.17) is 0 Å². The van der Waals surface area contributed by atoms with E-state index in [-0.39, 0.29) is 0 Å². The third-order valence-electron chi connectivity index (χ3n) is 5.92. The minimum absolute atomic E-state index is 0.693. The van der Waals surface area contributed by atoms with Crippen LogP contribution in [0, 0.1) is 5.41 Å². The van der Waals surface area contributed by atoms with Crippen molar-refractivity contribution in [3.63, 3.8) is 0 Å². The Kier molecular flexibility index (Phi) is 2.59. The molecule has 0 aromatic rings. The second-order valence-corrected chi connectivity index (χ2v) is 7.34. The Morgan fingerprint density at radius 3 is 2.29 bits per heavy atom. The summed E-state index contributed by atoms with van der Waals surface area (Å²) < 4.78 is 1.27. The molecule has 2 unspecified atom stereocenters. The molecule has 2 aliphatic heterocycles. The van der Waals surface area contributed by atoms with E-state index in [2.05, 4.69) is 37.9 Å². The third-order valence-corrected chi connectivity index (χ3v) is 5.92. The molecule has 2 heterocycles. The highest BCUT2D eigenvalue weighted by Crippen LogP contribution is 2.62. The van der Waals surface area contributed by atoms with Crippen molar-refractivity contribution in [1.29, 1.82) is 0 Å². The van der Waals surface area contributed by atoms with E-state index < -0.39 is 0 Å². The lowest BCUT2D eigenvalue weighted by molar-refractivity contribution is -0.915. The number of piperidine rings is 1. The van der Waals surface area contributed by atoms with E-state index in [1.807, 2.05) is 0 Å². The fourth-order valence-electron chi connectivity index (χ4n) is 4.30. The molecule has 3 fully saturated rings. The molecular weight excluding hydrogens is 210 g/mol. The summed E-state index contributed by atoms with van der Waals surface area (Å²) in [6, 6.07) is 1.82. The van der Waals surface area contributed by atoms with Crippen LogP contribution in [-0.2, 0) is 0 Å².